The predicted molar refractivity (Wildman–Crippen MR) is 113 cm³/mol. The van der Waals surface area contributed by atoms with Crippen LogP contribution in [0, 0.1) is 0 Å². The van der Waals surface area contributed by atoms with Crippen LogP contribution in [-0.2, 0) is 24.3 Å². The first kappa shape index (κ1) is 23.0. The largest absolute Gasteiger partial charge is 0.468 e. The van der Waals surface area contributed by atoms with Crippen molar-refractivity contribution < 1.29 is 22.7 Å². The minimum absolute atomic E-state index is 0.0918. The molecule has 1 aromatic rings. The molecule has 1 aromatic carbocycles. The van der Waals surface area contributed by atoms with Crippen molar-refractivity contribution in [3.8, 4) is 0 Å². The number of benzene rings is 1. The molecule has 3 rings (SSSR count). The highest BCUT2D eigenvalue weighted by Crippen LogP contribution is 2.29. The molecule has 166 valence electrons. The van der Waals surface area contributed by atoms with Crippen LogP contribution in [0.2, 0.25) is 5.02 Å². The lowest BCUT2D eigenvalue weighted by atomic mass is 10.1. The van der Waals surface area contributed by atoms with Crippen LogP contribution in [0.1, 0.15) is 32.1 Å². The van der Waals surface area contributed by atoms with Crippen LogP contribution < -0.4 is 5.32 Å². The summed E-state index contributed by atoms with van der Waals surface area (Å²) in [5, 5.41) is 3.26. The molecule has 0 aliphatic carbocycles. The van der Waals surface area contributed by atoms with Crippen LogP contribution in [0.15, 0.2) is 29.2 Å². The Morgan fingerprint density at radius 3 is 2.60 bits per heavy atom. The maximum atomic E-state index is 13.6. The lowest BCUT2D eigenvalue weighted by Gasteiger charge is -2.33. The number of nitrogens with zero attached hydrogens (tertiary/aromatic N) is 2. The molecule has 10 heteroatoms. The fraction of sp³-hybridized carbons (Fsp3) is 0.600. The molecule has 0 aromatic heterocycles. The minimum Gasteiger partial charge on any atom is -0.468 e. The molecule has 0 bridgehead atoms. The van der Waals surface area contributed by atoms with Gasteiger partial charge in [-0.2, -0.15) is 4.31 Å². The molecule has 0 saturated carbocycles. The van der Waals surface area contributed by atoms with E-state index in [1.54, 1.807) is 7.05 Å². The number of likely N-dealkylation sites (N-methyl/N-ethyl adjacent to an activating group) is 1. The summed E-state index contributed by atoms with van der Waals surface area (Å²) >= 11 is 5.93. The van der Waals surface area contributed by atoms with E-state index >= 15 is 0 Å². The van der Waals surface area contributed by atoms with Crippen molar-refractivity contribution in [1.82, 2.24) is 14.5 Å². The molecule has 1 N–H and O–H groups in total. The summed E-state index contributed by atoms with van der Waals surface area (Å²) in [6, 6.07) is 4.54. The number of carbonyl (C=O) groups excluding carboxylic acids is 2. The van der Waals surface area contributed by atoms with Crippen molar-refractivity contribution in [3.05, 3.63) is 29.3 Å². The number of likely N-dealkylation sites (tertiary alicyclic amines) is 1. The van der Waals surface area contributed by atoms with Crippen molar-refractivity contribution in [2.45, 2.75) is 55.1 Å². The number of amides is 1. The highest BCUT2D eigenvalue weighted by molar-refractivity contribution is 7.89. The molecule has 30 heavy (non-hydrogen) atoms. The number of esters is 1. The van der Waals surface area contributed by atoms with Gasteiger partial charge < -0.3 is 10.1 Å². The molecule has 2 aliphatic heterocycles. The predicted octanol–water partition coefficient (Wildman–Crippen LogP) is 1.64. The Hall–Kier alpha value is -1.68. The Bertz CT molecular complexity index is 877. The van der Waals surface area contributed by atoms with E-state index in [1.165, 1.54) is 35.7 Å². The highest BCUT2D eigenvalue weighted by atomic mass is 35.5. The molecule has 0 radical (unpaired) electrons. The molecule has 2 unspecified atom stereocenters. The number of methoxy groups -OCH3 is 1. The second-order valence-electron chi connectivity index (χ2n) is 7.77. The van der Waals surface area contributed by atoms with Gasteiger partial charge in [-0.05, 0) is 63.4 Å². The normalized spacial score (nSPS) is 25.7. The van der Waals surface area contributed by atoms with E-state index in [0.29, 0.717) is 30.8 Å². The number of hydrogen-bond acceptors (Lipinski definition) is 6. The molecule has 2 saturated heterocycles. The Kier molecular flexibility index (Phi) is 7.38. The number of carbonyl (C=O) groups is 2. The van der Waals surface area contributed by atoms with E-state index in [-0.39, 0.29) is 29.4 Å². The molecule has 8 nitrogen and oxygen atoms in total. The van der Waals surface area contributed by atoms with Crippen LogP contribution in [0.3, 0.4) is 0 Å². The van der Waals surface area contributed by atoms with Gasteiger partial charge in [0, 0.05) is 24.2 Å². The molecule has 3 atom stereocenters. The van der Waals surface area contributed by atoms with Gasteiger partial charge in [0.25, 0.3) is 0 Å². The van der Waals surface area contributed by atoms with E-state index in [1.807, 2.05) is 4.90 Å². The molecule has 2 fully saturated rings. The van der Waals surface area contributed by atoms with Gasteiger partial charge in [0.1, 0.15) is 12.1 Å². The van der Waals surface area contributed by atoms with Gasteiger partial charge in [0.15, 0.2) is 0 Å². The number of sulfonamides is 1. The van der Waals surface area contributed by atoms with E-state index < -0.39 is 22.1 Å². The Morgan fingerprint density at radius 1 is 1.23 bits per heavy atom. The van der Waals surface area contributed by atoms with Gasteiger partial charge in [0.2, 0.25) is 15.9 Å². The zero-order valence-corrected chi connectivity index (χ0v) is 18.8. The number of hydrogen-bond donors (Lipinski definition) is 1. The van der Waals surface area contributed by atoms with Crippen LogP contribution in [0.5, 0.6) is 0 Å². The second kappa shape index (κ2) is 9.64. The third kappa shape index (κ3) is 4.80. The smallest absolute Gasteiger partial charge is 0.323 e. The van der Waals surface area contributed by atoms with Gasteiger partial charge in [-0.3, -0.25) is 14.5 Å². The van der Waals surface area contributed by atoms with Crippen LogP contribution in [0.4, 0.5) is 0 Å². The first-order valence-corrected chi connectivity index (χ1v) is 11.9. The van der Waals surface area contributed by atoms with Crippen molar-refractivity contribution >= 4 is 33.5 Å². The minimum atomic E-state index is -3.95. The zero-order chi connectivity index (χ0) is 21.9. The van der Waals surface area contributed by atoms with Crippen molar-refractivity contribution in [1.29, 1.82) is 0 Å². The Balaban J connectivity index is 1.93. The van der Waals surface area contributed by atoms with E-state index in [9.17, 15) is 18.0 Å². The summed E-state index contributed by atoms with van der Waals surface area (Å²) in [5.41, 5.74) is 0. The standard InChI is InChI=1S/C20H28ClN3O5S/c1-23-15(8-11-18(23)20(26)29-2)13-24(17-5-3-4-12-22-19(17)25)30(27,28)16-9-6-14(21)7-10-16/h6-7,9-10,15,17-18H,3-5,8,11-13H2,1-2H3,(H,22,25)/t15?,17-,18?/m1/s1. The molecule has 2 heterocycles. The maximum Gasteiger partial charge on any atom is 0.323 e. The Morgan fingerprint density at radius 2 is 1.93 bits per heavy atom. The Labute approximate surface area is 182 Å². The quantitative estimate of drug-likeness (QED) is 0.652. The summed E-state index contributed by atoms with van der Waals surface area (Å²) in [7, 11) is -0.815. The number of halogens is 1. The fourth-order valence-corrected chi connectivity index (χ4v) is 5.97. The third-order valence-electron chi connectivity index (χ3n) is 5.98. The van der Waals surface area contributed by atoms with E-state index in [2.05, 4.69) is 5.32 Å². The van der Waals surface area contributed by atoms with Crippen LogP contribution in [0.25, 0.3) is 0 Å². The van der Waals surface area contributed by atoms with Crippen molar-refractivity contribution in [2.24, 2.45) is 0 Å². The first-order chi connectivity index (χ1) is 14.3. The number of ether oxygens (including phenoxy) is 1. The second-order valence-corrected chi connectivity index (χ2v) is 10.1. The summed E-state index contributed by atoms with van der Waals surface area (Å²) in [5.74, 6) is -0.616. The van der Waals surface area contributed by atoms with Gasteiger partial charge in [0.05, 0.1) is 12.0 Å². The van der Waals surface area contributed by atoms with Gasteiger partial charge in [-0.15, -0.1) is 0 Å². The first-order valence-electron chi connectivity index (χ1n) is 10.1. The summed E-state index contributed by atoms with van der Waals surface area (Å²) < 4.78 is 33.3. The number of nitrogens with one attached hydrogen (secondary N) is 1. The number of rotatable bonds is 6. The monoisotopic (exact) mass is 457 g/mol. The van der Waals surface area contributed by atoms with Crippen molar-refractivity contribution in [2.75, 3.05) is 27.2 Å². The molecular weight excluding hydrogens is 430 g/mol. The maximum absolute atomic E-state index is 13.6. The van der Waals surface area contributed by atoms with Gasteiger partial charge in [-0.25, -0.2) is 8.42 Å². The third-order valence-corrected chi connectivity index (χ3v) is 8.12. The van der Waals surface area contributed by atoms with Gasteiger partial charge >= 0.3 is 5.97 Å². The molecule has 2 aliphatic rings. The summed E-state index contributed by atoms with van der Waals surface area (Å²) in [6.07, 6.45) is 3.23. The average Bonchev–Trinajstić information content (AvgIpc) is 2.95. The van der Waals surface area contributed by atoms with Crippen LogP contribution in [-0.4, -0.2) is 74.9 Å². The van der Waals surface area contributed by atoms with Crippen molar-refractivity contribution in [3.63, 3.8) is 0 Å². The lowest BCUT2D eigenvalue weighted by molar-refractivity contribution is -0.145. The summed E-state index contributed by atoms with van der Waals surface area (Å²) in [4.78, 5) is 26.7. The van der Waals surface area contributed by atoms with Crippen LogP contribution >= 0.6 is 11.6 Å². The average molecular weight is 458 g/mol. The lowest BCUT2D eigenvalue weighted by Crippen LogP contribution is -2.53. The highest BCUT2D eigenvalue weighted by Gasteiger charge is 2.42. The topological polar surface area (TPSA) is 96.0 Å². The zero-order valence-electron chi connectivity index (χ0n) is 17.2. The SMILES string of the molecule is COC(=O)C1CCC(CN([C@@H]2CCCCNC2=O)S(=O)(=O)c2ccc(Cl)cc2)N1C. The fourth-order valence-electron chi connectivity index (χ4n) is 4.19. The molecular formula is C20H28ClN3O5S. The van der Waals surface area contributed by atoms with E-state index in [4.69, 9.17) is 16.3 Å². The summed E-state index contributed by atoms with van der Waals surface area (Å²) in [6.45, 7) is 0.658. The van der Waals surface area contributed by atoms with E-state index in [0.717, 1.165) is 12.8 Å². The molecule has 1 amide bonds. The molecule has 0 spiro atoms. The van der Waals surface area contributed by atoms with Gasteiger partial charge in [-0.1, -0.05) is 11.6 Å².